The van der Waals surface area contributed by atoms with Gasteiger partial charge in [-0.05, 0) is 43.5 Å². The number of sulfonamides is 1. The largest absolute Gasteiger partial charge is 0.340 e. The summed E-state index contributed by atoms with van der Waals surface area (Å²) in [4.78, 5) is 14.0. The van der Waals surface area contributed by atoms with E-state index < -0.39 is 15.7 Å². The van der Waals surface area contributed by atoms with Gasteiger partial charge in [-0.25, -0.2) is 18.3 Å². The van der Waals surface area contributed by atoms with Gasteiger partial charge in [0.1, 0.15) is 5.82 Å². The summed E-state index contributed by atoms with van der Waals surface area (Å²) < 4.78 is 27.3. The number of rotatable bonds is 3. The zero-order valence-corrected chi connectivity index (χ0v) is 13.9. The van der Waals surface area contributed by atoms with Crippen LogP contribution in [0.5, 0.6) is 0 Å². The van der Waals surface area contributed by atoms with Crippen molar-refractivity contribution in [3.05, 3.63) is 45.6 Å². The number of nitriles is 1. The van der Waals surface area contributed by atoms with Crippen molar-refractivity contribution in [2.45, 2.75) is 30.6 Å². The van der Waals surface area contributed by atoms with Crippen LogP contribution in [0, 0.1) is 18.3 Å². The van der Waals surface area contributed by atoms with Gasteiger partial charge in [0, 0.05) is 19.0 Å². The molecule has 1 fully saturated rings. The number of benzene rings is 1. The molecule has 8 nitrogen and oxygen atoms in total. The third-order valence-corrected chi connectivity index (χ3v) is 6.24. The number of nitrogens with one attached hydrogen (secondary N) is 2. The van der Waals surface area contributed by atoms with E-state index in [9.17, 15) is 13.2 Å². The van der Waals surface area contributed by atoms with Crippen LogP contribution in [0.4, 0.5) is 0 Å². The molecular formula is C15H17N5O3S. The minimum Gasteiger partial charge on any atom is -0.293 e. The summed E-state index contributed by atoms with van der Waals surface area (Å²) in [6.07, 6.45) is 1.45. The van der Waals surface area contributed by atoms with Gasteiger partial charge in [-0.3, -0.25) is 4.98 Å². The second-order valence-corrected chi connectivity index (χ2v) is 7.76. The fourth-order valence-electron chi connectivity index (χ4n) is 3.01. The quantitative estimate of drug-likeness (QED) is 0.852. The fourth-order valence-corrected chi connectivity index (χ4v) is 4.74. The second-order valence-electron chi connectivity index (χ2n) is 5.86. The molecule has 2 heterocycles. The summed E-state index contributed by atoms with van der Waals surface area (Å²) in [5, 5.41) is 15.2. The second kappa shape index (κ2) is 6.22. The van der Waals surface area contributed by atoms with Crippen LogP contribution in [0.3, 0.4) is 0 Å². The Labute approximate surface area is 139 Å². The Balaban J connectivity index is 1.89. The van der Waals surface area contributed by atoms with Crippen molar-refractivity contribution in [2.24, 2.45) is 0 Å². The van der Waals surface area contributed by atoms with E-state index >= 15 is 0 Å². The Kier molecular flexibility index (Phi) is 4.26. The van der Waals surface area contributed by atoms with Gasteiger partial charge in [-0.2, -0.15) is 14.7 Å². The minimum absolute atomic E-state index is 0.147. The van der Waals surface area contributed by atoms with Crippen molar-refractivity contribution < 1.29 is 8.42 Å². The molecule has 126 valence electrons. The molecule has 1 aliphatic heterocycles. The van der Waals surface area contributed by atoms with E-state index in [1.54, 1.807) is 13.0 Å². The summed E-state index contributed by atoms with van der Waals surface area (Å²) in [6.45, 7) is 2.37. The van der Waals surface area contributed by atoms with Crippen molar-refractivity contribution in [3.8, 4) is 6.07 Å². The van der Waals surface area contributed by atoms with Crippen LogP contribution in [0.2, 0.25) is 0 Å². The molecule has 0 bridgehead atoms. The zero-order chi connectivity index (χ0) is 17.3. The number of piperidine rings is 1. The monoisotopic (exact) mass is 347 g/mol. The lowest BCUT2D eigenvalue weighted by Gasteiger charge is -2.31. The van der Waals surface area contributed by atoms with Crippen LogP contribution in [0.1, 0.15) is 35.7 Å². The number of hydrogen-bond donors (Lipinski definition) is 2. The first-order valence-electron chi connectivity index (χ1n) is 7.57. The highest BCUT2D eigenvalue weighted by Gasteiger charge is 2.33. The zero-order valence-electron chi connectivity index (χ0n) is 13.1. The third kappa shape index (κ3) is 2.98. The molecule has 0 spiro atoms. The number of H-pyrrole nitrogens is 2. The first-order chi connectivity index (χ1) is 11.4. The molecule has 9 heteroatoms. The molecule has 1 unspecified atom stereocenters. The lowest BCUT2D eigenvalue weighted by molar-refractivity contribution is 0.309. The van der Waals surface area contributed by atoms with E-state index in [0.717, 1.165) is 6.42 Å². The molecule has 0 radical (unpaired) electrons. The van der Waals surface area contributed by atoms with E-state index in [1.165, 1.54) is 16.4 Å². The molecule has 2 N–H and O–H groups in total. The first-order valence-corrected chi connectivity index (χ1v) is 9.01. The maximum absolute atomic E-state index is 12.9. The highest BCUT2D eigenvalue weighted by atomic mass is 32.2. The molecule has 24 heavy (non-hydrogen) atoms. The lowest BCUT2D eigenvalue weighted by atomic mass is 9.99. The van der Waals surface area contributed by atoms with Gasteiger partial charge in [-0.1, -0.05) is 0 Å². The molecule has 1 aliphatic rings. The molecule has 1 aromatic heterocycles. The van der Waals surface area contributed by atoms with Crippen LogP contribution in [0.25, 0.3) is 0 Å². The molecule has 3 rings (SSSR count). The highest BCUT2D eigenvalue weighted by molar-refractivity contribution is 7.89. The SMILES string of the molecule is Cc1cc(C#N)ccc1S(=O)(=O)N1CCCC(c2n[nH]c(=O)[nH]2)C1. The predicted octanol–water partition coefficient (Wildman–Crippen LogP) is 0.846. The normalized spacial score (nSPS) is 19.1. The number of aromatic amines is 2. The van der Waals surface area contributed by atoms with E-state index in [0.29, 0.717) is 29.9 Å². The molecule has 2 aromatic rings. The van der Waals surface area contributed by atoms with Crippen LogP contribution < -0.4 is 5.69 Å². The van der Waals surface area contributed by atoms with E-state index in [4.69, 9.17) is 5.26 Å². The Hall–Kier alpha value is -2.44. The van der Waals surface area contributed by atoms with Gasteiger partial charge < -0.3 is 0 Å². The minimum atomic E-state index is -3.66. The van der Waals surface area contributed by atoms with Crippen LogP contribution in [-0.2, 0) is 10.0 Å². The summed E-state index contributed by atoms with van der Waals surface area (Å²) in [5.74, 6) is 0.336. The maximum Gasteiger partial charge on any atom is 0.340 e. The Bertz CT molecular complexity index is 954. The summed E-state index contributed by atoms with van der Waals surface area (Å²) in [7, 11) is -3.66. The van der Waals surface area contributed by atoms with E-state index in [1.807, 2.05) is 6.07 Å². The average molecular weight is 347 g/mol. The number of hydrogen-bond acceptors (Lipinski definition) is 5. The number of aryl methyl sites for hydroxylation is 1. The van der Waals surface area contributed by atoms with Crippen molar-refractivity contribution in [1.29, 1.82) is 5.26 Å². The Morgan fingerprint density at radius 2 is 2.21 bits per heavy atom. The number of nitrogens with zero attached hydrogens (tertiary/aromatic N) is 3. The highest BCUT2D eigenvalue weighted by Crippen LogP contribution is 2.29. The molecule has 1 aromatic carbocycles. The predicted molar refractivity (Wildman–Crippen MR) is 85.8 cm³/mol. The maximum atomic E-state index is 12.9. The average Bonchev–Trinajstić information content (AvgIpc) is 3.01. The molecule has 0 amide bonds. The lowest BCUT2D eigenvalue weighted by Crippen LogP contribution is -2.39. The van der Waals surface area contributed by atoms with Crippen molar-refractivity contribution >= 4 is 10.0 Å². The van der Waals surface area contributed by atoms with Gasteiger partial charge in [0.15, 0.2) is 0 Å². The van der Waals surface area contributed by atoms with Crippen molar-refractivity contribution in [3.63, 3.8) is 0 Å². The number of aromatic nitrogens is 3. The molecule has 1 saturated heterocycles. The van der Waals surface area contributed by atoms with Gasteiger partial charge in [0.2, 0.25) is 10.0 Å². The van der Waals surface area contributed by atoms with Gasteiger partial charge in [0.05, 0.1) is 16.5 Å². The van der Waals surface area contributed by atoms with Gasteiger partial charge >= 0.3 is 5.69 Å². The topological polar surface area (TPSA) is 123 Å². The molecule has 0 saturated carbocycles. The smallest absolute Gasteiger partial charge is 0.293 e. The van der Waals surface area contributed by atoms with Gasteiger partial charge in [-0.15, -0.1) is 0 Å². The van der Waals surface area contributed by atoms with E-state index in [2.05, 4.69) is 15.2 Å². The summed E-state index contributed by atoms with van der Waals surface area (Å²) >= 11 is 0. The Morgan fingerprint density at radius 3 is 2.83 bits per heavy atom. The van der Waals surface area contributed by atoms with Crippen molar-refractivity contribution in [2.75, 3.05) is 13.1 Å². The van der Waals surface area contributed by atoms with Gasteiger partial charge in [0.25, 0.3) is 0 Å². The standard InChI is InChI=1S/C15H17N5O3S/c1-10-7-11(8-16)4-5-13(10)24(22,23)20-6-2-3-12(9-20)14-17-15(21)19-18-14/h4-5,7,12H,2-3,6,9H2,1H3,(H2,17,18,19,21). The van der Waals surface area contributed by atoms with Crippen LogP contribution in [-0.4, -0.2) is 41.0 Å². The van der Waals surface area contributed by atoms with Crippen LogP contribution >= 0.6 is 0 Å². The third-order valence-electron chi connectivity index (χ3n) is 4.21. The summed E-state index contributed by atoms with van der Waals surface area (Å²) in [6, 6.07) is 6.55. The fraction of sp³-hybridized carbons (Fsp3) is 0.400. The molecule has 1 atom stereocenters. The Morgan fingerprint density at radius 1 is 1.42 bits per heavy atom. The molecule has 0 aliphatic carbocycles. The first kappa shape index (κ1) is 16.4. The van der Waals surface area contributed by atoms with Crippen LogP contribution in [0.15, 0.2) is 27.9 Å². The molecular weight excluding hydrogens is 330 g/mol. The van der Waals surface area contributed by atoms with Crippen molar-refractivity contribution in [1.82, 2.24) is 19.5 Å². The summed E-state index contributed by atoms with van der Waals surface area (Å²) in [5.41, 5.74) is 0.578. The van der Waals surface area contributed by atoms with E-state index in [-0.39, 0.29) is 17.4 Å².